The molecule has 1 amide bonds. The summed E-state index contributed by atoms with van der Waals surface area (Å²) < 4.78 is 32.4. The number of hydrogen-bond acceptors (Lipinski definition) is 7. The van der Waals surface area contributed by atoms with Gasteiger partial charge in [0.2, 0.25) is 10.0 Å². The van der Waals surface area contributed by atoms with E-state index in [2.05, 4.69) is 15.1 Å². The molecule has 0 aliphatic carbocycles. The number of aromatic nitrogens is 4. The second-order valence-corrected chi connectivity index (χ2v) is 10.8. The van der Waals surface area contributed by atoms with E-state index in [0.717, 1.165) is 32.9 Å². The molecule has 0 N–H and O–H groups in total. The van der Waals surface area contributed by atoms with Crippen LogP contribution in [0, 0.1) is 0 Å². The Morgan fingerprint density at radius 1 is 1.00 bits per heavy atom. The summed E-state index contributed by atoms with van der Waals surface area (Å²) in [5.41, 5.74) is 5.13. The average molecular weight is 528 g/mol. The molecule has 0 unspecified atom stereocenters. The summed E-state index contributed by atoms with van der Waals surface area (Å²) >= 11 is 0. The number of rotatable bonds is 7. The Morgan fingerprint density at radius 2 is 1.71 bits per heavy atom. The predicted octanol–water partition coefficient (Wildman–Crippen LogP) is 4.31. The molecule has 0 fully saturated rings. The Labute approximate surface area is 220 Å². The molecule has 0 saturated heterocycles. The number of nitrogens with zero attached hydrogens (tertiary/aromatic N) is 5. The minimum Gasteiger partial charge on any atom is -0.487 e. The third-order valence-electron chi connectivity index (χ3n) is 6.12. The highest BCUT2D eigenvalue weighted by Crippen LogP contribution is 2.31. The number of hydrogen-bond donors (Lipinski definition) is 0. The molecule has 10 heteroatoms. The van der Waals surface area contributed by atoms with Gasteiger partial charge in [-0.15, -0.1) is 0 Å². The molecule has 38 heavy (non-hydrogen) atoms. The van der Waals surface area contributed by atoms with Gasteiger partial charge in [0.25, 0.3) is 5.91 Å². The molecule has 3 aromatic heterocycles. The fraction of sp³-hybridized carbons (Fsp3) is 0.143. The maximum absolute atomic E-state index is 13.0. The van der Waals surface area contributed by atoms with E-state index in [1.165, 1.54) is 7.05 Å². The van der Waals surface area contributed by atoms with Crippen LogP contribution in [-0.2, 0) is 23.7 Å². The van der Waals surface area contributed by atoms with Crippen molar-refractivity contribution in [2.24, 2.45) is 7.05 Å². The van der Waals surface area contributed by atoms with E-state index in [4.69, 9.17) is 4.74 Å². The average Bonchev–Trinajstić information content (AvgIpc) is 3.32. The fourth-order valence-corrected chi connectivity index (χ4v) is 4.51. The van der Waals surface area contributed by atoms with Gasteiger partial charge in [-0.3, -0.25) is 14.5 Å². The lowest BCUT2D eigenvalue weighted by Crippen LogP contribution is -2.32. The zero-order valence-electron chi connectivity index (χ0n) is 21.1. The third kappa shape index (κ3) is 5.12. The summed E-state index contributed by atoms with van der Waals surface area (Å²) in [7, 11) is -0.585. The summed E-state index contributed by atoms with van der Waals surface area (Å²) in [6.45, 7) is 0.0961. The number of carbonyl (C=O) groups is 1. The molecule has 0 atom stereocenters. The number of fused-ring (bicyclic) bond motifs is 1. The molecule has 5 aromatic rings. The second kappa shape index (κ2) is 10.1. The van der Waals surface area contributed by atoms with Crippen molar-refractivity contribution < 1.29 is 17.9 Å². The molecule has 5 rings (SSSR count). The highest BCUT2D eigenvalue weighted by atomic mass is 32.2. The standard InChI is InChI=1S/C28H25N5O4S/c1-32-17-25(19-12-14-29-15-13-19)27(31-32)20-8-10-22(11-9-20)37-18-21-16-24(28(34)33(2)38(3,35)36)23-6-4-5-7-26(23)30-21/h4-17H,18H2,1-3H3. The van der Waals surface area contributed by atoms with Crippen LogP contribution in [-0.4, -0.2) is 51.7 Å². The summed E-state index contributed by atoms with van der Waals surface area (Å²) in [5.74, 6) is -0.0108. The first-order chi connectivity index (χ1) is 18.2. The Balaban J connectivity index is 1.39. The SMILES string of the molecule is CN(C(=O)c1cc(COc2ccc(-c3nn(C)cc3-c3ccncc3)cc2)nc2ccccc12)S(C)(=O)=O. The van der Waals surface area contributed by atoms with Gasteiger partial charge in [0.1, 0.15) is 18.1 Å². The zero-order valence-corrected chi connectivity index (χ0v) is 21.9. The molecule has 0 spiro atoms. The van der Waals surface area contributed by atoms with Crippen LogP contribution in [0.3, 0.4) is 0 Å². The number of pyridine rings is 2. The van der Waals surface area contributed by atoms with Gasteiger partial charge in [-0.05, 0) is 54.1 Å². The summed E-state index contributed by atoms with van der Waals surface area (Å²) in [5, 5.41) is 5.20. The van der Waals surface area contributed by atoms with Crippen LogP contribution in [0.25, 0.3) is 33.3 Å². The molecule has 0 saturated carbocycles. The van der Waals surface area contributed by atoms with Crippen LogP contribution in [0.5, 0.6) is 5.75 Å². The van der Waals surface area contributed by atoms with E-state index >= 15 is 0 Å². The fourth-order valence-electron chi connectivity index (χ4n) is 4.11. The quantitative estimate of drug-likeness (QED) is 0.310. The molecule has 0 bridgehead atoms. The van der Waals surface area contributed by atoms with E-state index in [1.54, 1.807) is 41.3 Å². The number of carbonyl (C=O) groups excluding carboxylic acids is 1. The smallest absolute Gasteiger partial charge is 0.267 e. The molecular formula is C28H25N5O4S. The highest BCUT2D eigenvalue weighted by molar-refractivity contribution is 7.88. The lowest BCUT2D eigenvalue weighted by atomic mass is 10.0. The first kappa shape index (κ1) is 25.1. The normalized spacial score (nSPS) is 11.4. The van der Waals surface area contributed by atoms with E-state index in [1.807, 2.05) is 55.7 Å². The van der Waals surface area contributed by atoms with Gasteiger partial charge in [-0.2, -0.15) is 5.10 Å². The van der Waals surface area contributed by atoms with Gasteiger partial charge < -0.3 is 4.74 Å². The zero-order chi connectivity index (χ0) is 26.9. The van der Waals surface area contributed by atoms with Crippen molar-refractivity contribution in [3.8, 4) is 28.1 Å². The third-order valence-corrected chi connectivity index (χ3v) is 7.28. The van der Waals surface area contributed by atoms with Crippen LogP contribution < -0.4 is 4.74 Å². The van der Waals surface area contributed by atoms with Gasteiger partial charge in [-0.25, -0.2) is 17.7 Å². The lowest BCUT2D eigenvalue weighted by molar-refractivity contribution is 0.0885. The molecule has 9 nitrogen and oxygen atoms in total. The van der Waals surface area contributed by atoms with Gasteiger partial charge >= 0.3 is 0 Å². The molecule has 192 valence electrons. The van der Waals surface area contributed by atoms with Crippen molar-refractivity contribution in [1.82, 2.24) is 24.1 Å². The van der Waals surface area contributed by atoms with Crippen LogP contribution in [0.1, 0.15) is 16.1 Å². The molecular weight excluding hydrogens is 502 g/mol. The number of sulfonamides is 1. The number of amides is 1. The van der Waals surface area contributed by atoms with E-state index < -0.39 is 15.9 Å². The maximum Gasteiger partial charge on any atom is 0.267 e. The molecule has 3 heterocycles. The minimum absolute atomic E-state index is 0.0961. The van der Waals surface area contributed by atoms with E-state index in [0.29, 0.717) is 22.3 Å². The largest absolute Gasteiger partial charge is 0.487 e. The van der Waals surface area contributed by atoms with Crippen LogP contribution in [0.4, 0.5) is 0 Å². The van der Waals surface area contributed by atoms with Gasteiger partial charge in [0.15, 0.2) is 0 Å². The molecule has 0 aliphatic rings. The summed E-state index contributed by atoms with van der Waals surface area (Å²) in [4.78, 5) is 21.7. The van der Waals surface area contributed by atoms with Gasteiger partial charge in [0, 0.05) is 49.2 Å². The predicted molar refractivity (Wildman–Crippen MR) is 145 cm³/mol. The monoisotopic (exact) mass is 527 g/mol. The number of benzene rings is 2. The Hall–Kier alpha value is -4.57. The van der Waals surface area contributed by atoms with Crippen molar-refractivity contribution in [3.63, 3.8) is 0 Å². The number of para-hydroxylation sites is 1. The van der Waals surface area contributed by atoms with Crippen molar-refractivity contribution >= 4 is 26.8 Å². The molecule has 2 aromatic carbocycles. The van der Waals surface area contributed by atoms with Crippen LogP contribution in [0.15, 0.2) is 85.3 Å². The van der Waals surface area contributed by atoms with Crippen molar-refractivity contribution in [1.29, 1.82) is 0 Å². The Kier molecular flexibility index (Phi) is 6.64. The van der Waals surface area contributed by atoms with Crippen molar-refractivity contribution in [3.05, 3.63) is 96.6 Å². The lowest BCUT2D eigenvalue weighted by Gasteiger charge is -2.16. The van der Waals surface area contributed by atoms with Crippen LogP contribution in [0.2, 0.25) is 0 Å². The second-order valence-electron chi connectivity index (χ2n) is 8.83. The molecule has 0 aliphatic heterocycles. The number of aryl methyl sites for hydroxylation is 1. The summed E-state index contributed by atoms with van der Waals surface area (Å²) in [6.07, 6.45) is 6.47. The molecule has 0 radical (unpaired) electrons. The van der Waals surface area contributed by atoms with E-state index in [9.17, 15) is 13.2 Å². The van der Waals surface area contributed by atoms with Gasteiger partial charge in [0.05, 0.1) is 23.0 Å². The first-order valence-electron chi connectivity index (χ1n) is 11.7. The topological polar surface area (TPSA) is 107 Å². The minimum atomic E-state index is -3.71. The van der Waals surface area contributed by atoms with Crippen molar-refractivity contribution in [2.75, 3.05) is 13.3 Å². The highest BCUT2D eigenvalue weighted by Gasteiger charge is 2.23. The van der Waals surface area contributed by atoms with E-state index in [-0.39, 0.29) is 12.2 Å². The van der Waals surface area contributed by atoms with Crippen molar-refractivity contribution in [2.45, 2.75) is 6.61 Å². The number of ether oxygens (including phenoxy) is 1. The Morgan fingerprint density at radius 3 is 2.42 bits per heavy atom. The maximum atomic E-state index is 13.0. The first-order valence-corrected chi connectivity index (χ1v) is 13.6. The van der Waals surface area contributed by atoms with Gasteiger partial charge in [-0.1, -0.05) is 18.2 Å². The van der Waals surface area contributed by atoms with Crippen LogP contribution >= 0.6 is 0 Å². The summed E-state index contributed by atoms with van der Waals surface area (Å²) in [6, 6.07) is 20.2. The Bertz CT molecular complexity index is 1730.